The van der Waals surface area contributed by atoms with Gasteiger partial charge in [0.2, 0.25) is 5.91 Å². The first kappa shape index (κ1) is 15.0. The van der Waals surface area contributed by atoms with Crippen LogP contribution in [0.1, 0.15) is 18.2 Å². The van der Waals surface area contributed by atoms with Crippen LogP contribution in [0.5, 0.6) is 0 Å². The Kier molecular flexibility index (Phi) is 6.14. The molecule has 1 atom stereocenters. The van der Waals surface area contributed by atoms with E-state index in [2.05, 4.69) is 26.4 Å². The Morgan fingerprint density at radius 1 is 1.67 bits per heavy atom. The summed E-state index contributed by atoms with van der Waals surface area (Å²) in [6, 6.07) is 3.99. The molecule has 0 aliphatic rings. The van der Waals surface area contributed by atoms with Gasteiger partial charge in [0.05, 0.1) is 9.70 Å². The van der Waals surface area contributed by atoms with Gasteiger partial charge in [0.15, 0.2) is 5.84 Å². The first-order valence-corrected chi connectivity index (χ1v) is 7.18. The number of amidine groups is 1. The molecule has 1 aromatic rings. The van der Waals surface area contributed by atoms with Gasteiger partial charge in [-0.25, -0.2) is 0 Å². The summed E-state index contributed by atoms with van der Waals surface area (Å²) in [4.78, 5) is 13.0. The zero-order chi connectivity index (χ0) is 13.5. The summed E-state index contributed by atoms with van der Waals surface area (Å²) >= 11 is 5.03. The fourth-order valence-corrected chi connectivity index (χ4v) is 3.00. The summed E-state index contributed by atoms with van der Waals surface area (Å²) in [5.74, 6) is -0.817. The number of amides is 1. The van der Waals surface area contributed by atoms with Crippen molar-refractivity contribution in [3.05, 3.63) is 20.8 Å². The Morgan fingerprint density at radius 3 is 2.89 bits per heavy atom. The van der Waals surface area contributed by atoms with Crippen molar-refractivity contribution in [1.29, 1.82) is 0 Å². The molecule has 5 nitrogen and oxygen atoms in total. The summed E-state index contributed by atoms with van der Waals surface area (Å²) < 4.78 is 1.08. The zero-order valence-electron chi connectivity index (χ0n) is 10.0. The van der Waals surface area contributed by atoms with Crippen molar-refractivity contribution in [1.82, 2.24) is 5.32 Å². The third-order valence-electron chi connectivity index (χ3n) is 2.50. The number of nitrogens with one attached hydrogen (secondary N) is 1. The minimum Gasteiger partial charge on any atom is -0.409 e. The normalized spacial score (nSPS) is 13.3. The Bertz CT molecular complexity index is 434. The fourth-order valence-electron chi connectivity index (χ4n) is 1.52. The van der Waals surface area contributed by atoms with Gasteiger partial charge < -0.3 is 16.3 Å². The van der Waals surface area contributed by atoms with Gasteiger partial charge >= 0.3 is 0 Å². The standard InChI is InChI=1S/C11H16BrN3O2S/c1-2-8(10(13)15-17)11(16)14-6-5-7-3-4-9(12)18-7/h3-4,8,17H,2,5-6H2,1H3,(H2,13,15)(H,14,16). The second-order valence-corrected chi connectivity index (χ2v) is 6.28. The number of nitrogens with two attached hydrogens (primary N) is 1. The average Bonchev–Trinajstić information content (AvgIpc) is 2.75. The Morgan fingerprint density at radius 2 is 2.39 bits per heavy atom. The molecule has 1 heterocycles. The first-order valence-electron chi connectivity index (χ1n) is 5.57. The van der Waals surface area contributed by atoms with Gasteiger partial charge in [-0.15, -0.1) is 11.3 Å². The number of hydrogen-bond donors (Lipinski definition) is 3. The molecular weight excluding hydrogens is 318 g/mol. The third-order valence-corrected chi connectivity index (χ3v) is 4.18. The summed E-state index contributed by atoms with van der Waals surface area (Å²) in [5.41, 5.74) is 5.45. The molecule has 4 N–H and O–H groups in total. The van der Waals surface area contributed by atoms with E-state index in [0.29, 0.717) is 13.0 Å². The molecule has 0 aromatic carbocycles. The van der Waals surface area contributed by atoms with Crippen LogP contribution < -0.4 is 11.1 Å². The molecule has 1 amide bonds. The van der Waals surface area contributed by atoms with E-state index < -0.39 is 5.92 Å². The molecule has 0 aliphatic carbocycles. The Hall–Kier alpha value is -1.08. The van der Waals surface area contributed by atoms with Gasteiger partial charge in [-0.1, -0.05) is 12.1 Å². The highest BCUT2D eigenvalue weighted by Gasteiger charge is 2.20. The van der Waals surface area contributed by atoms with Crippen molar-refractivity contribution in [3.63, 3.8) is 0 Å². The van der Waals surface area contributed by atoms with Crippen molar-refractivity contribution in [2.45, 2.75) is 19.8 Å². The number of hydrogen-bond acceptors (Lipinski definition) is 4. The van der Waals surface area contributed by atoms with Crippen molar-refractivity contribution < 1.29 is 10.0 Å². The van der Waals surface area contributed by atoms with E-state index in [0.717, 1.165) is 10.2 Å². The van der Waals surface area contributed by atoms with Gasteiger partial charge in [0.1, 0.15) is 0 Å². The lowest BCUT2D eigenvalue weighted by Gasteiger charge is -2.12. The van der Waals surface area contributed by atoms with Crippen molar-refractivity contribution >= 4 is 39.0 Å². The molecule has 0 saturated heterocycles. The van der Waals surface area contributed by atoms with Crippen molar-refractivity contribution in [2.24, 2.45) is 16.8 Å². The zero-order valence-corrected chi connectivity index (χ0v) is 12.4. The van der Waals surface area contributed by atoms with E-state index in [9.17, 15) is 4.79 Å². The highest BCUT2D eigenvalue weighted by molar-refractivity contribution is 9.11. The molecule has 0 aliphatic heterocycles. The molecule has 1 unspecified atom stereocenters. The molecule has 0 fully saturated rings. The molecule has 100 valence electrons. The first-order chi connectivity index (χ1) is 8.58. The van der Waals surface area contributed by atoms with Crippen molar-refractivity contribution in [3.8, 4) is 0 Å². The predicted octanol–water partition coefficient (Wildman–Crippen LogP) is 1.94. The van der Waals surface area contributed by atoms with Gasteiger partial charge in [-0.2, -0.15) is 0 Å². The molecule has 0 saturated carbocycles. The molecule has 7 heteroatoms. The van der Waals surface area contributed by atoms with Crippen LogP contribution in [0.2, 0.25) is 0 Å². The van der Waals surface area contributed by atoms with Crippen LogP contribution >= 0.6 is 27.3 Å². The summed E-state index contributed by atoms with van der Waals surface area (Å²) in [5, 5.41) is 14.2. The van der Waals surface area contributed by atoms with E-state index in [1.807, 2.05) is 19.1 Å². The second-order valence-electron chi connectivity index (χ2n) is 3.73. The molecule has 0 bridgehead atoms. The predicted molar refractivity (Wildman–Crippen MR) is 75.9 cm³/mol. The SMILES string of the molecule is CCC(C(=O)NCCc1ccc(Br)s1)/C(N)=N/O. The number of carbonyl (C=O) groups excluding carboxylic acids is 1. The minimum absolute atomic E-state index is 0.0473. The van der Waals surface area contributed by atoms with Crippen LogP contribution in [0.15, 0.2) is 21.1 Å². The maximum Gasteiger partial charge on any atom is 0.230 e. The Balaban J connectivity index is 2.40. The molecule has 18 heavy (non-hydrogen) atoms. The van der Waals surface area contributed by atoms with Crippen LogP contribution in [0.4, 0.5) is 0 Å². The van der Waals surface area contributed by atoms with E-state index >= 15 is 0 Å². The van der Waals surface area contributed by atoms with E-state index in [1.165, 1.54) is 4.88 Å². The lowest BCUT2D eigenvalue weighted by atomic mass is 10.0. The quantitative estimate of drug-likeness (QED) is 0.322. The summed E-state index contributed by atoms with van der Waals surface area (Å²) in [6.07, 6.45) is 1.28. The lowest BCUT2D eigenvalue weighted by molar-refractivity contribution is -0.123. The van der Waals surface area contributed by atoms with Gasteiger partial charge in [0.25, 0.3) is 0 Å². The number of thiophene rings is 1. The maximum atomic E-state index is 11.8. The number of nitrogens with zero attached hydrogens (tertiary/aromatic N) is 1. The smallest absolute Gasteiger partial charge is 0.230 e. The van der Waals surface area contributed by atoms with Crippen LogP contribution in [-0.4, -0.2) is 23.5 Å². The summed E-state index contributed by atoms with van der Waals surface area (Å²) in [6.45, 7) is 2.36. The molecule has 1 rings (SSSR count). The topological polar surface area (TPSA) is 87.7 Å². The average molecular weight is 334 g/mol. The lowest BCUT2D eigenvalue weighted by Crippen LogP contribution is -2.39. The second kappa shape index (κ2) is 7.38. The minimum atomic E-state index is -0.565. The summed E-state index contributed by atoms with van der Waals surface area (Å²) in [7, 11) is 0. The van der Waals surface area contributed by atoms with Crippen LogP contribution in [0.25, 0.3) is 0 Å². The molecule has 0 radical (unpaired) electrons. The number of rotatable bonds is 6. The van der Waals surface area contributed by atoms with E-state index in [4.69, 9.17) is 10.9 Å². The monoisotopic (exact) mass is 333 g/mol. The number of oxime groups is 1. The largest absolute Gasteiger partial charge is 0.409 e. The van der Waals surface area contributed by atoms with Crippen molar-refractivity contribution in [2.75, 3.05) is 6.54 Å². The maximum absolute atomic E-state index is 11.8. The molecular formula is C11H16BrN3O2S. The fraction of sp³-hybridized carbons (Fsp3) is 0.455. The van der Waals surface area contributed by atoms with Crippen LogP contribution in [-0.2, 0) is 11.2 Å². The van der Waals surface area contributed by atoms with E-state index in [-0.39, 0.29) is 11.7 Å². The Labute approximate surface area is 118 Å². The molecule has 0 spiro atoms. The highest BCUT2D eigenvalue weighted by Crippen LogP contribution is 2.22. The van der Waals surface area contributed by atoms with Crippen LogP contribution in [0, 0.1) is 5.92 Å². The highest BCUT2D eigenvalue weighted by atomic mass is 79.9. The number of carbonyl (C=O) groups is 1. The van der Waals surface area contributed by atoms with Gasteiger partial charge in [-0.05, 0) is 40.9 Å². The molecule has 1 aromatic heterocycles. The van der Waals surface area contributed by atoms with Gasteiger partial charge in [-0.3, -0.25) is 4.79 Å². The third kappa shape index (κ3) is 4.30. The van der Waals surface area contributed by atoms with Crippen LogP contribution in [0.3, 0.4) is 0 Å². The van der Waals surface area contributed by atoms with E-state index in [1.54, 1.807) is 11.3 Å². The number of halogens is 1. The van der Waals surface area contributed by atoms with Gasteiger partial charge in [0, 0.05) is 11.4 Å².